The van der Waals surface area contributed by atoms with Gasteiger partial charge in [0, 0.05) is 18.6 Å². The predicted molar refractivity (Wildman–Crippen MR) is 77.7 cm³/mol. The van der Waals surface area contributed by atoms with Gasteiger partial charge in [0.05, 0.1) is 0 Å². The lowest BCUT2D eigenvalue weighted by molar-refractivity contribution is 0.0426. The standard InChI is InChI=1S/C15H31N3/c1-3-5-14-6-9-18(12-14)15(13-16)7-10-17(4-2)11-8-15/h14H,3-13,16H2,1-2H3. The number of nitrogens with zero attached hydrogens (tertiary/aromatic N) is 2. The zero-order valence-corrected chi connectivity index (χ0v) is 12.3. The molecule has 2 saturated heterocycles. The molecule has 0 bridgehead atoms. The molecule has 106 valence electrons. The van der Waals surface area contributed by atoms with Gasteiger partial charge in [-0.25, -0.2) is 0 Å². The van der Waals surface area contributed by atoms with E-state index in [1.807, 2.05) is 0 Å². The van der Waals surface area contributed by atoms with Gasteiger partial charge in [-0.05, 0) is 57.8 Å². The van der Waals surface area contributed by atoms with Crippen molar-refractivity contribution in [3.63, 3.8) is 0 Å². The van der Waals surface area contributed by atoms with E-state index in [0.29, 0.717) is 5.54 Å². The third-order valence-corrected chi connectivity index (χ3v) is 5.27. The highest BCUT2D eigenvalue weighted by atomic mass is 15.3. The molecule has 0 aromatic heterocycles. The second kappa shape index (κ2) is 6.36. The summed E-state index contributed by atoms with van der Waals surface area (Å²) in [5, 5.41) is 0. The van der Waals surface area contributed by atoms with E-state index in [-0.39, 0.29) is 0 Å². The molecule has 3 nitrogen and oxygen atoms in total. The van der Waals surface area contributed by atoms with Gasteiger partial charge in [0.1, 0.15) is 0 Å². The van der Waals surface area contributed by atoms with Crippen LogP contribution in [0.3, 0.4) is 0 Å². The van der Waals surface area contributed by atoms with Crippen LogP contribution in [0.1, 0.15) is 46.0 Å². The summed E-state index contributed by atoms with van der Waals surface area (Å²) in [6.45, 7) is 11.7. The molecule has 2 heterocycles. The van der Waals surface area contributed by atoms with Crippen LogP contribution in [-0.4, -0.2) is 54.6 Å². The van der Waals surface area contributed by atoms with Crippen LogP contribution >= 0.6 is 0 Å². The molecule has 2 aliphatic heterocycles. The van der Waals surface area contributed by atoms with Crippen molar-refractivity contribution in [2.75, 3.05) is 39.3 Å². The molecule has 0 aliphatic carbocycles. The first-order valence-corrected chi connectivity index (χ1v) is 7.91. The van der Waals surface area contributed by atoms with E-state index < -0.39 is 0 Å². The average Bonchev–Trinajstić information content (AvgIpc) is 2.88. The molecule has 1 unspecified atom stereocenters. The van der Waals surface area contributed by atoms with Crippen LogP contribution in [0.25, 0.3) is 0 Å². The van der Waals surface area contributed by atoms with Crippen LogP contribution in [0.2, 0.25) is 0 Å². The molecule has 0 aromatic carbocycles. The SMILES string of the molecule is CCCC1CCN(C2(CN)CCN(CC)CC2)C1. The minimum atomic E-state index is 0.328. The fourth-order valence-electron chi connectivity index (χ4n) is 3.84. The number of rotatable bonds is 5. The number of piperidine rings is 1. The predicted octanol–water partition coefficient (Wildman–Crippen LogP) is 1.92. The summed E-state index contributed by atoms with van der Waals surface area (Å²) in [6.07, 6.45) is 6.68. The fourth-order valence-corrected chi connectivity index (χ4v) is 3.84. The average molecular weight is 253 g/mol. The third-order valence-electron chi connectivity index (χ3n) is 5.27. The highest BCUT2D eigenvalue weighted by Crippen LogP contribution is 2.34. The van der Waals surface area contributed by atoms with Crippen LogP contribution in [0.5, 0.6) is 0 Å². The van der Waals surface area contributed by atoms with Crippen molar-refractivity contribution in [3.05, 3.63) is 0 Å². The summed E-state index contributed by atoms with van der Waals surface area (Å²) in [5.74, 6) is 0.933. The molecule has 2 N–H and O–H groups in total. The van der Waals surface area contributed by atoms with Crippen molar-refractivity contribution in [3.8, 4) is 0 Å². The maximum absolute atomic E-state index is 6.16. The van der Waals surface area contributed by atoms with Crippen molar-refractivity contribution < 1.29 is 0 Å². The number of likely N-dealkylation sites (tertiary alicyclic amines) is 2. The van der Waals surface area contributed by atoms with Crippen LogP contribution < -0.4 is 5.73 Å². The Hall–Kier alpha value is -0.120. The first kappa shape index (κ1) is 14.3. The minimum absolute atomic E-state index is 0.328. The second-order valence-corrected chi connectivity index (χ2v) is 6.25. The van der Waals surface area contributed by atoms with Gasteiger partial charge in [-0.1, -0.05) is 20.3 Å². The minimum Gasteiger partial charge on any atom is -0.329 e. The Morgan fingerprint density at radius 1 is 1.17 bits per heavy atom. The largest absolute Gasteiger partial charge is 0.329 e. The van der Waals surface area contributed by atoms with E-state index in [2.05, 4.69) is 23.6 Å². The van der Waals surface area contributed by atoms with Gasteiger partial charge >= 0.3 is 0 Å². The molecule has 0 amide bonds. The zero-order chi connectivity index (χ0) is 13.0. The molecule has 1 atom stereocenters. The maximum Gasteiger partial charge on any atom is 0.0356 e. The Balaban J connectivity index is 1.93. The smallest absolute Gasteiger partial charge is 0.0356 e. The summed E-state index contributed by atoms with van der Waals surface area (Å²) in [5.41, 5.74) is 6.49. The Morgan fingerprint density at radius 3 is 2.44 bits per heavy atom. The third kappa shape index (κ3) is 2.89. The van der Waals surface area contributed by atoms with Crippen molar-refractivity contribution in [2.45, 2.75) is 51.5 Å². The van der Waals surface area contributed by atoms with E-state index in [1.165, 1.54) is 64.8 Å². The van der Waals surface area contributed by atoms with Gasteiger partial charge in [0.2, 0.25) is 0 Å². The van der Waals surface area contributed by atoms with Crippen molar-refractivity contribution >= 4 is 0 Å². The molecule has 0 aromatic rings. The van der Waals surface area contributed by atoms with Gasteiger partial charge in [-0.2, -0.15) is 0 Å². The van der Waals surface area contributed by atoms with E-state index in [4.69, 9.17) is 5.73 Å². The van der Waals surface area contributed by atoms with E-state index in [0.717, 1.165) is 12.5 Å². The highest BCUT2D eigenvalue weighted by Gasteiger charge is 2.41. The van der Waals surface area contributed by atoms with Crippen molar-refractivity contribution in [1.82, 2.24) is 9.80 Å². The molecule has 0 saturated carbocycles. The topological polar surface area (TPSA) is 32.5 Å². The second-order valence-electron chi connectivity index (χ2n) is 6.25. The van der Waals surface area contributed by atoms with E-state index in [1.54, 1.807) is 0 Å². The molecular weight excluding hydrogens is 222 g/mol. The molecule has 3 heteroatoms. The van der Waals surface area contributed by atoms with Crippen LogP contribution in [0, 0.1) is 5.92 Å². The van der Waals surface area contributed by atoms with Crippen molar-refractivity contribution in [1.29, 1.82) is 0 Å². The fraction of sp³-hybridized carbons (Fsp3) is 1.00. The number of nitrogens with two attached hydrogens (primary N) is 1. The zero-order valence-electron chi connectivity index (χ0n) is 12.3. The monoisotopic (exact) mass is 253 g/mol. The maximum atomic E-state index is 6.16. The number of hydrogen-bond acceptors (Lipinski definition) is 3. The first-order valence-electron chi connectivity index (χ1n) is 7.91. The molecule has 0 radical (unpaired) electrons. The van der Waals surface area contributed by atoms with Crippen molar-refractivity contribution in [2.24, 2.45) is 11.7 Å². The summed E-state index contributed by atoms with van der Waals surface area (Å²) in [4.78, 5) is 5.30. The molecule has 2 rings (SSSR count). The van der Waals surface area contributed by atoms with Crippen LogP contribution in [0.4, 0.5) is 0 Å². The Labute approximate surface area is 113 Å². The summed E-state index contributed by atoms with van der Waals surface area (Å²) < 4.78 is 0. The van der Waals surface area contributed by atoms with Gasteiger partial charge in [0.15, 0.2) is 0 Å². The lowest BCUT2D eigenvalue weighted by Crippen LogP contribution is -2.58. The molecule has 18 heavy (non-hydrogen) atoms. The van der Waals surface area contributed by atoms with Gasteiger partial charge < -0.3 is 10.6 Å². The summed E-state index contributed by atoms with van der Waals surface area (Å²) in [6, 6.07) is 0. The molecule has 2 fully saturated rings. The van der Waals surface area contributed by atoms with Gasteiger partial charge in [-0.15, -0.1) is 0 Å². The lowest BCUT2D eigenvalue weighted by atomic mass is 9.85. The normalized spacial score (nSPS) is 29.8. The van der Waals surface area contributed by atoms with E-state index >= 15 is 0 Å². The quantitative estimate of drug-likeness (QED) is 0.812. The molecular formula is C15H31N3. The molecule has 0 spiro atoms. The van der Waals surface area contributed by atoms with Gasteiger partial charge in [0.25, 0.3) is 0 Å². The highest BCUT2D eigenvalue weighted by molar-refractivity contribution is 4.98. The van der Waals surface area contributed by atoms with Gasteiger partial charge in [-0.3, -0.25) is 4.90 Å². The van der Waals surface area contributed by atoms with Crippen LogP contribution in [0.15, 0.2) is 0 Å². The van der Waals surface area contributed by atoms with E-state index in [9.17, 15) is 0 Å². The molecule has 2 aliphatic rings. The van der Waals surface area contributed by atoms with Crippen LogP contribution in [-0.2, 0) is 0 Å². The summed E-state index contributed by atoms with van der Waals surface area (Å²) in [7, 11) is 0. The first-order chi connectivity index (χ1) is 8.74. The Kier molecular flexibility index (Phi) is 5.05. The number of hydrogen-bond donors (Lipinski definition) is 1. The Bertz CT molecular complexity index is 246. The summed E-state index contributed by atoms with van der Waals surface area (Å²) >= 11 is 0. The Morgan fingerprint density at radius 2 is 1.89 bits per heavy atom. The lowest BCUT2D eigenvalue weighted by Gasteiger charge is -2.47.